The van der Waals surface area contributed by atoms with Crippen molar-refractivity contribution in [3.63, 3.8) is 0 Å². The van der Waals surface area contributed by atoms with Gasteiger partial charge in [-0.15, -0.1) is 0 Å². The summed E-state index contributed by atoms with van der Waals surface area (Å²) in [7, 11) is 0. The zero-order valence-corrected chi connectivity index (χ0v) is 12.1. The van der Waals surface area contributed by atoms with Gasteiger partial charge in [0.25, 0.3) is 0 Å². The van der Waals surface area contributed by atoms with Gasteiger partial charge in [-0.05, 0) is 49.0 Å². The van der Waals surface area contributed by atoms with Gasteiger partial charge in [0.2, 0.25) is 0 Å². The topological polar surface area (TPSA) is 15.3 Å². The van der Waals surface area contributed by atoms with Crippen molar-refractivity contribution in [3.8, 4) is 0 Å². The molecule has 0 amide bonds. The van der Waals surface area contributed by atoms with Crippen molar-refractivity contribution in [2.75, 3.05) is 18.4 Å². The molecular weight excluding hydrogens is 240 g/mol. The fourth-order valence-electron chi connectivity index (χ4n) is 2.66. The van der Waals surface area contributed by atoms with E-state index >= 15 is 0 Å². The van der Waals surface area contributed by atoms with Crippen molar-refractivity contribution < 1.29 is 0 Å². The summed E-state index contributed by atoms with van der Waals surface area (Å²) in [5, 5.41) is 4.19. The van der Waals surface area contributed by atoms with Crippen LogP contribution in [0.2, 0.25) is 0 Å². The third-order valence-electron chi connectivity index (χ3n) is 4.25. The quantitative estimate of drug-likeness (QED) is 0.832. The number of likely N-dealkylation sites (tertiary alicyclic amines) is 1. The first-order valence-electron chi connectivity index (χ1n) is 6.80. The minimum Gasteiger partial charge on any atom is -0.348 e. The minimum atomic E-state index is 0.475. The van der Waals surface area contributed by atoms with E-state index in [2.05, 4.69) is 36.2 Å². The standard InChI is InChI=1S/C15H22N2S/c1-3-15(4-2)10-11-17(12-15)14(18)16-13-8-6-5-7-9-13/h5-9H,3-4,10-12H2,1-2H3,(H,16,18). The highest BCUT2D eigenvalue weighted by Crippen LogP contribution is 2.37. The largest absolute Gasteiger partial charge is 0.348 e. The molecule has 2 nitrogen and oxygen atoms in total. The Morgan fingerprint density at radius 2 is 1.94 bits per heavy atom. The van der Waals surface area contributed by atoms with E-state index in [4.69, 9.17) is 12.2 Å². The first kappa shape index (κ1) is 13.3. The van der Waals surface area contributed by atoms with Gasteiger partial charge in [0, 0.05) is 18.8 Å². The molecule has 1 aliphatic heterocycles. The van der Waals surface area contributed by atoms with Crippen LogP contribution >= 0.6 is 12.2 Å². The number of hydrogen-bond donors (Lipinski definition) is 1. The number of benzene rings is 1. The molecule has 0 spiro atoms. The molecule has 2 rings (SSSR count). The number of nitrogens with zero attached hydrogens (tertiary/aromatic N) is 1. The van der Waals surface area contributed by atoms with Crippen LogP contribution in [-0.4, -0.2) is 23.1 Å². The molecule has 0 atom stereocenters. The van der Waals surface area contributed by atoms with Gasteiger partial charge in [0.15, 0.2) is 5.11 Å². The van der Waals surface area contributed by atoms with Crippen molar-refractivity contribution in [2.45, 2.75) is 33.1 Å². The highest BCUT2D eigenvalue weighted by atomic mass is 32.1. The van der Waals surface area contributed by atoms with Crippen LogP contribution in [0.4, 0.5) is 5.69 Å². The predicted octanol–water partition coefficient (Wildman–Crippen LogP) is 3.90. The van der Waals surface area contributed by atoms with Crippen molar-refractivity contribution >= 4 is 23.0 Å². The van der Waals surface area contributed by atoms with Gasteiger partial charge >= 0.3 is 0 Å². The number of para-hydroxylation sites is 1. The van der Waals surface area contributed by atoms with Gasteiger partial charge in [0.05, 0.1) is 0 Å². The Morgan fingerprint density at radius 1 is 1.28 bits per heavy atom. The second kappa shape index (κ2) is 5.70. The molecular formula is C15H22N2S. The molecule has 0 aromatic heterocycles. The number of thiocarbonyl (C=S) groups is 1. The van der Waals surface area contributed by atoms with E-state index in [1.165, 1.54) is 19.3 Å². The first-order chi connectivity index (χ1) is 8.69. The SMILES string of the molecule is CCC1(CC)CCN(C(=S)Nc2ccccc2)C1. The highest BCUT2D eigenvalue weighted by molar-refractivity contribution is 7.80. The number of rotatable bonds is 3. The minimum absolute atomic E-state index is 0.475. The molecule has 1 N–H and O–H groups in total. The third kappa shape index (κ3) is 2.83. The molecule has 0 saturated carbocycles. The lowest BCUT2D eigenvalue weighted by Gasteiger charge is -2.27. The molecule has 0 aliphatic carbocycles. The molecule has 1 aromatic carbocycles. The van der Waals surface area contributed by atoms with Crippen LogP contribution in [-0.2, 0) is 0 Å². The van der Waals surface area contributed by atoms with Crippen molar-refractivity contribution in [1.29, 1.82) is 0 Å². The van der Waals surface area contributed by atoms with Crippen LogP contribution in [0.3, 0.4) is 0 Å². The fourth-order valence-corrected chi connectivity index (χ4v) is 2.93. The summed E-state index contributed by atoms with van der Waals surface area (Å²) in [5.41, 5.74) is 1.55. The van der Waals surface area contributed by atoms with Gasteiger partial charge in [-0.1, -0.05) is 32.0 Å². The van der Waals surface area contributed by atoms with Crippen molar-refractivity contribution in [2.24, 2.45) is 5.41 Å². The zero-order chi connectivity index (χ0) is 13.0. The Morgan fingerprint density at radius 3 is 2.50 bits per heavy atom. The monoisotopic (exact) mass is 262 g/mol. The smallest absolute Gasteiger partial charge is 0.173 e. The van der Waals surface area contributed by atoms with Gasteiger partial charge in [-0.3, -0.25) is 0 Å². The zero-order valence-electron chi connectivity index (χ0n) is 11.3. The van der Waals surface area contributed by atoms with Gasteiger partial charge in [-0.2, -0.15) is 0 Å². The molecule has 0 bridgehead atoms. The molecule has 1 fully saturated rings. The number of anilines is 1. The summed E-state index contributed by atoms with van der Waals surface area (Å²) in [4.78, 5) is 2.31. The van der Waals surface area contributed by atoms with E-state index in [1.807, 2.05) is 18.2 Å². The van der Waals surface area contributed by atoms with E-state index in [0.717, 1.165) is 23.9 Å². The third-order valence-corrected chi connectivity index (χ3v) is 4.61. The molecule has 98 valence electrons. The summed E-state index contributed by atoms with van der Waals surface area (Å²) < 4.78 is 0. The summed E-state index contributed by atoms with van der Waals surface area (Å²) in [6.07, 6.45) is 3.75. The number of hydrogen-bond acceptors (Lipinski definition) is 1. The molecule has 0 radical (unpaired) electrons. The number of nitrogens with one attached hydrogen (secondary N) is 1. The normalized spacial score (nSPS) is 17.8. The summed E-state index contributed by atoms with van der Waals surface area (Å²) >= 11 is 5.51. The Bertz CT molecular complexity index is 398. The molecule has 1 saturated heterocycles. The summed E-state index contributed by atoms with van der Waals surface area (Å²) in [5.74, 6) is 0. The van der Waals surface area contributed by atoms with Crippen LogP contribution in [0, 0.1) is 5.41 Å². The molecule has 3 heteroatoms. The maximum Gasteiger partial charge on any atom is 0.173 e. The molecule has 1 aromatic rings. The second-order valence-electron chi connectivity index (χ2n) is 5.17. The predicted molar refractivity (Wildman–Crippen MR) is 81.9 cm³/mol. The van der Waals surface area contributed by atoms with Crippen LogP contribution in [0.15, 0.2) is 30.3 Å². The average Bonchev–Trinajstić information content (AvgIpc) is 2.85. The van der Waals surface area contributed by atoms with Crippen LogP contribution < -0.4 is 5.32 Å². The molecule has 1 aliphatic rings. The Balaban J connectivity index is 1.96. The van der Waals surface area contributed by atoms with Crippen LogP contribution in [0.25, 0.3) is 0 Å². The summed E-state index contributed by atoms with van der Waals surface area (Å²) in [6.45, 7) is 6.76. The first-order valence-corrected chi connectivity index (χ1v) is 7.21. The van der Waals surface area contributed by atoms with Crippen LogP contribution in [0.5, 0.6) is 0 Å². The lowest BCUT2D eigenvalue weighted by Crippen LogP contribution is -2.34. The van der Waals surface area contributed by atoms with Crippen molar-refractivity contribution in [3.05, 3.63) is 30.3 Å². The van der Waals surface area contributed by atoms with Gasteiger partial charge in [0.1, 0.15) is 0 Å². The average molecular weight is 262 g/mol. The Labute approximate surface area is 115 Å². The van der Waals surface area contributed by atoms with E-state index in [9.17, 15) is 0 Å². The van der Waals surface area contributed by atoms with E-state index in [0.29, 0.717) is 5.41 Å². The van der Waals surface area contributed by atoms with Crippen LogP contribution in [0.1, 0.15) is 33.1 Å². The lowest BCUT2D eigenvalue weighted by molar-refractivity contribution is 0.278. The van der Waals surface area contributed by atoms with E-state index < -0.39 is 0 Å². The van der Waals surface area contributed by atoms with E-state index in [1.54, 1.807) is 0 Å². The Kier molecular flexibility index (Phi) is 4.23. The Hall–Kier alpha value is -1.09. The summed E-state index contributed by atoms with van der Waals surface area (Å²) in [6, 6.07) is 10.2. The fraction of sp³-hybridized carbons (Fsp3) is 0.533. The van der Waals surface area contributed by atoms with Crippen molar-refractivity contribution in [1.82, 2.24) is 4.90 Å². The van der Waals surface area contributed by atoms with Gasteiger partial charge < -0.3 is 10.2 Å². The molecule has 1 heterocycles. The molecule has 0 unspecified atom stereocenters. The van der Waals surface area contributed by atoms with E-state index in [-0.39, 0.29) is 0 Å². The van der Waals surface area contributed by atoms with Gasteiger partial charge in [-0.25, -0.2) is 0 Å². The maximum atomic E-state index is 5.51. The second-order valence-corrected chi connectivity index (χ2v) is 5.56. The highest BCUT2D eigenvalue weighted by Gasteiger charge is 2.35. The maximum absolute atomic E-state index is 5.51. The lowest BCUT2D eigenvalue weighted by atomic mass is 9.82. The molecule has 18 heavy (non-hydrogen) atoms.